The number of carboxylic acids is 1. The van der Waals surface area contributed by atoms with Gasteiger partial charge in [0.2, 0.25) is 0 Å². The Balaban J connectivity index is 0.000000186. The Bertz CT molecular complexity index is 869. The Morgan fingerprint density at radius 3 is 1.55 bits per heavy atom. The zero-order valence-electron chi connectivity index (χ0n) is 19.3. The number of carboxylic acid groups (broad SMARTS) is 1. The quantitative estimate of drug-likeness (QED) is 0.441. The minimum atomic E-state index is -0.633. The van der Waals surface area contributed by atoms with Crippen LogP contribution < -0.4 is 0 Å². The van der Waals surface area contributed by atoms with Gasteiger partial charge in [-0.2, -0.15) is 0 Å². The molecule has 2 fully saturated rings. The van der Waals surface area contributed by atoms with Crippen molar-refractivity contribution >= 4 is 29.2 Å². The summed E-state index contributed by atoms with van der Waals surface area (Å²) in [6.45, 7) is 0.365. The first-order chi connectivity index (χ1) is 15.9. The molecule has 0 heterocycles. The van der Waals surface area contributed by atoms with Gasteiger partial charge in [-0.15, -0.1) is 0 Å². The van der Waals surface area contributed by atoms with Crippen LogP contribution in [0.3, 0.4) is 0 Å². The summed E-state index contributed by atoms with van der Waals surface area (Å²) < 4.78 is 0. The number of rotatable bonds is 6. The van der Waals surface area contributed by atoms with Crippen LogP contribution in [0.1, 0.15) is 62.5 Å². The highest BCUT2D eigenvalue weighted by atomic mass is 35.5. The summed E-state index contributed by atoms with van der Waals surface area (Å²) >= 11 is 11.9. The molecule has 180 valence electrons. The van der Waals surface area contributed by atoms with Gasteiger partial charge in [0, 0.05) is 16.7 Å². The average molecular weight is 491 g/mol. The zero-order valence-corrected chi connectivity index (χ0v) is 20.8. The van der Waals surface area contributed by atoms with E-state index >= 15 is 0 Å². The second-order valence-electron chi connectivity index (χ2n) is 9.79. The third-order valence-electron chi connectivity index (χ3n) is 7.25. The number of halogens is 2. The van der Waals surface area contributed by atoms with Crippen LogP contribution in [0, 0.1) is 23.7 Å². The van der Waals surface area contributed by atoms with Gasteiger partial charge in [0.1, 0.15) is 0 Å². The van der Waals surface area contributed by atoms with Gasteiger partial charge in [-0.3, -0.25) is 4.79 Å². The molecule has 0 spiro atoms. The molecule has 0 aromatic heterocycles. The first-order valence-electron chi connectivity index (χ1n) is 12.3. The maximum Gasteiger partial charge on any atom is 0.306 e. The van der Waals surface area contributed by atoms with Crippen LogP contribution in [0.25, 0.3) is 0 Å². The van der Waals surface area contributed by atoms with Crippen molar-refractivity contribution in [3.05, 3.63) is 69.7 Å². The lowest BCUT2D eigenvalue weighted by molar-refractivity contribution is -0.143. The fourth-order valence-electron chi connectivity index (χ4n) is 5.23. The molecule has 4 rings (SSSR count). The van der Waals surface area contributed by atoms with E-state index in [-0.39, 0.29) is 5.92 Å². The summed E-state index contributed by atoms with van der Waals surface area (Å²) in [6, 6.07) is 16.1. The average Bonchev–Trinajstić information content (AvgIpc) is 2.80. The SMILES string of the molecule is O=C(O)C1CCC(Cc2cccc(Cl)c2)CC1.OCC1CCC(Cc2cccc(Cl)c2)CC1. The van der Waals surface area contributed by atoms with Gasteiger partial charge in [-0.05, 0) is 117 Å². The number of hydrogen-bond acceptors (Lipinski definition) is 2. The van der Waals surface area contributed by atoms with E-state index in [0.717, 1.165) is 54.5 Å². The Morgan fingerprint density at radius 2 is 1.15 bits per heavy atom. The molecule has 2 aromatic carbocycles. The van der Waals surface area contributed by atoms with Gasteiger partial charge < -0.3 is 10.2 Å². The Kier molecular flexibility index (Phi) is 10.6. The standard InChI is InChI=1S/C14H17ClO2.C14H19ClO/c15-13-3-1-2-11(9-13)8-10-4-6-12(7-5-10)14(16)17;15-14-3-1-2-13(9-14)8-11-4-6-12(10-16)7-5-11/h1-3,9-10,12H,4-8H2,(H,16,17);1-3,9,11-12,16H,4-8,10H2. The van der Waals surface area contributed by atoms with E-state index in [9.17, 15) is 4.79 Å². The first kappa shape index (κ1) is 26.1. The normalized spacial score (nSPS) is 25.1. The molecule has 2 aliphatic carbocycles. The Morgan fingerprint density at radius 1 is 0.727 bits per heavy atom. The third-order valence-corrected chi connectivity index (χ3v) is 7.72. The molecule has 33 heavy (non-hydrogen) atoms. The van der Waals surface area contributed by atoms with E-state index in [1.165, 1.54) is 36.8 Å². The number of benzene rings is 2. The molecule has 5 heteroatoms. The Labute approximate surface area is 208 Å². The van der Waals surface area contributed by atoms with Crippen LogP contribution in [-0.4, -0.2) is 22.8 Å². The van der Waals surface area contributed by atoms with E-state index in [2.05, 4.69) is 18.2 Å². The molecule has 0 saturated heterocycles. The molecule has 2 saturated carbocycles. The molecule has 0 atom stereocenters. The zero-order chi connectivity index (χ0) is 23.6. The van der Waals surface area contributed by atoms with Crippen molar-refractivity contribution in [1.82, 2.24) is 0 Å². The van der Waals surface area contributed by atoms with Gasteiger partial charge in [0.05, 0.1) is 5.92 Å². The van der Waals surface area contributed by atoms with Gasteiger partial charge >= 0.3 is 5.97 Å². The predicted octanol–water partition coefficient (Wildman–Crippen LogP) is 7.45. The minimum absolute atomic E-state index is 0.120. The molecular weight excluding hydrogens is 455 g/mol. The molecule has 0 bridgehead atoms. The topological polar surface area (TPSA) is 57.5 Å². The van der Waals surface area contributed by atoms with Gasteiger partial charge in [-0.1, -0.05) is 47.5 Å². The molecule has 2 aromatic rings. The number of aliphatic hydroxyl groups is 1. The van der Waals surface area contributed by atoms with Crippen molar-refractivity contribution in [2.45, 2.75) is 64.2 Å². The van der Waals surface area contributed by atoms with Crippen LogP contribution in [0.5, 0.6) is 0 Å². The van der Waals surface area contributed by atoms with Crippen LogP contribution in [0.2, 0.25) is 10.0 Å². The van der Waals surface area contributed by atoms with Gasteiger partial charge in [0.25, 0.3) is 0 Å². The molecule has 0 amide bonds. The molecule has 3 nitrogen and oxygen atoms in total. The third kappa shape index (κ3) is 8.96. The number of aliphatic carboxylic acids is 1. The second kappa shape index (κ2) is 13.4. The lowest BCUT2D eigenvalue weighted by atomic mass is 9.79. The van der Waals surface area contributed by atoms with Crippen molar-refractivity contribution in [1.29, 1.82) is 0 Å². The summed E-state index contributed by atoms with van der Waals surface area (Å²) in [5.41, 5.74) is 2.61. The van der Waals surface area contributed by atoms with Crippen LogP contribution in [-0.2, 0) is 17.6 Å². The van der Waals surface area contributed by atoms with Crippen LogP contribution in [0.4, 0.5) is 0 Å². The minimum Gasteiger partial charge on any atom is -0.481 e. The summed E-state index contributed by atoms with van der Waals surface area (Å²) in [7, 11) is 0. The Hall–Kier alpha value is -1.55. The summed E-state index contributed by atoms with van der Waals surface area (Å²) in [4.78, 5) is 10.8. The van der Waals surface area contributed by atoms with Gasteiger partial charge in [-0.25, -0.2) is 0 Å². The molecule has 2 N–H and O–H groups in total. The number of carbonyl (C=O) groups is 1. The van der Waals surface area contributed by atoms with Gasteiger partial charge in [0.15, 0.2) is 0 Å². The lowest BCUT2D eigenvalue weighted by Crippen LogP contribution is -2.22. The summed E-state index contributed by atoms with van der Waals surface area (Å²) in [5.74, 6) is 1.19. The maximum atomic E-state index is 10.8. The van der Waals surface area contributed by atoms with Crippen molar-refractivity contribution in [3.8, 4) is 0 Å². The molecule has 0 aliphatic heterocycles. The first-order valence-corrected chi connectivity index (χ1v) is 13.0. The van der Waals surface area contributed by atoms with E-state index in [4.69, 9.17) is 33.4 Å². The lowest BCUT2D eigenvalue weighted by Gasteiger charge is -2.27. The van der Waals surface area contributed by atoms with Crippen molar-refractivity contribution in [2.75, 3.05) is 6.61 Å². The van der Waals surface area contributed by atoms with Crippen molar-refractivity contribution < 1.29 is 15.0 Å². The summed E-state index contributed by atoms with van der Waals surface area (Å²) in [6.07, 6.45) is 10.7. The molecule has 0 radical (unpaired) electrons. The number of aliphatic hydroxyl groups excluding tert-OH is 1. The fourth-order valence-corrected chi connectivity index (χ4v) is 5.65. The van der Waals surface area contributed by atoms with Crippen LogP contribution in [0.15, 0.2) is 48.5 Å². The molecule has 0 unspecified atom stereocenters. The van der Waals surface area contributed by atoms with Crippen molar-refractivity contribution in [2.24, 2.45) is 23.7 Å². The highest BCUT2D eigenvalue weighted by Gasteiger charge is 2.25. The highest BCUT2D eigenvalue weighted by molar-refractivity contribution is 6.30. The maximum absolute atomic E-state index is 10.8. The van der Waals surface area contributed by atoms with E-state index in [0.29, 0.717) is 18.4 Å². The smallest absolute Gasteiger partial charge is 0.306 e. The monoisotopic (exact) mass is 490 g/mol. The van der Waals surface area contributed by atoms with Crippen LogP contribution >= 0.6 is 23.2 Å². The van der Waals surface area contributed by atoms with E-state index in [1.807, 2.05) is 30.3 Å². The molecular formula is C28H36Cl2O3. The van der Waals surface area contributed by atoms with E-state index in [1.54, 1.807) is 0 Å². The van der Waals surface area contributed by atoms with Crippen molar-refractivity contribution in [3.63, 3.8) is 0 Å². The highest BCUT2D eigenvalue weighted by Crippen LogP contribution is 2.32. The second-order valence-corrected chi connectivity index (χ2v) is 10.7. The number of hydrogen-bond donors (Lipinski definition) is 2. The molecule has 2 aliphatic rings. The predicted molar refractivity (Wildman–Crippen MR) is 136 cm³/mol. The fraction of sp³-hybridized carbons (Fsp3) is 0.536. The summed E-state index contributed by atoms with van der Waals surface area (Å²) in [5, 5.41) is 19.6. The van der Waals surface area contributed by atoms with E-state index < -0.39 is 5.97 Å². The largest absolute Gasteiger partial charge is 0.481 e.